The number of aryl methyl sites for hydroxylation is 2. The molecule has 0 fully saturated rings. The summed E-state index contributed by atoms with van der Waals surface area (Å²) in [5.74, 6) is -0.0595. The fourth-order valence-electron chi connectivity index (χ4n) is 3.69. The van der Waals surface area contributed by atoms with E-state index in [1.165, 1.54) is 11.8 Å². The Bertz CT molecular complexity index is 1350. The van der Waals surface area contributed by atoms with Crippen LogP contribution in [0.5, 0.6) is 0 Å². The number of rotatable bonds is 5. The number of carbonyl (C=O) groups excluding carboxylic acids is 1. The van der Waals surface area contributed by atoms with Gasteiger partial charge >= 0.3 is 0 Å². The number of likely N-dealkylation sites (N-methyl/N-ethyl adjacent to an activating group) is 1. The third kappa shape index (κ3) is 4.18. The first-order chi connectivity index (χ1) is 15.4. The summed E-state index contributed by atoms with van der Waals surface area (Å²) in [7, 11) is 3.48. The Kier molecular flexibility index (Phi) is 6.15. The summed E-state index contributed by atoms with van der Waals surface area (Å²) in [4.78, 5) is 33.2. The average Bonchev–Trinajstić information content (AvgIpc) is 2.78. The van der Waals surface area contributed by atoms with Crippen LogP contribution in [0, 0.1) is 13.8 Å². The van der Waals surface area contributed by atoms with Crippen LogP contribution in [0.2, 0.25) is 0 Å². The highest BCUT2D eigenvalue weighted by atomic mass is 32.2. The summed E-state index contributed by atoms with van der Waals surface area (Å²) in [6.07, 6.45) is 0. The Hall–Kier alpha value is -3.38. The summed E-state index contributed by atoms with van der Waals surface area (Å²) < 4.78 is 1.64. The molecule has 4 aromatic rings. The van der Waals surface area contributed by atoms with Crippen LogP contribution in [0.3, 0.4) is 0 Å². The minimum Gasteiger partial charge on any atom is -0.348 e. The number of carbonyl (C=O) groups is 1. The fraction of sp³-hybridized carbons (Fsp3) is 0.192. The van der Waals surface area contributed by atoms with E-state index < -0.39 is 5.25 Å². The maximum Gasteiger partial charge on any atom is 0.266 e. The largest absolute Gasteiger partial charge is 0.348 e. The molecule has 1 heterocycles. The molecule has 0 aliphatic rings. The van der Waals surface area contributed by atoms with Crippen LogP contribution in [-0.2, 0) is 4.79 Å². The van der Waals surface area contributed by atoms with Crippen LogP contribution in [0.25, 0.3) is 16.6 Å². The Morgan fingerprint density at radius 3 is 2.34 bits per heavy atom. The second-order valence-electron chi connectivity index (χ2n) is 7.98. The molecule has 0 N–H and O–H groups in total. The minimum atomic E-state index is -0.531. The molecule has 3 aromatic carbocycles. The van der Waals surface area contributed by atoms with E-state index in [9.17, 15) is 9.59 Å². The number of aromatic nitrogens is 2. The topological polar surface area (TPSA) is 55.2 Å². The van der Waals surface area contributed by atoms with E-state index in [4.69, 9.17) is 4.98 Å². The number of amides is 1. The smallest absolute Gasteiger partial charge is 0.266 e. The zero-order valence-electron chi connectivity index (χ0n) is 18.6. The predicted molar refractivity (Wildman–Crippen MR) is 131 cm³/mol. The van der Waals surface area contributed by atoms with Crippen LogP contribution in [0.4, 0.5) is 0 Å². The Morgan fingerprint density at radius 1 is 0.969 bits per heavy atom. The lowest BCUT2D eigenvalue weighted by Crippen LogP contribution is -2.28. The highest BCUT2D eigenvalue weighted by Crippen LogP contribution is 2.36. The lowest BCUT2D eigenvalue weighted by molar-refractivity contribution is -0.128. The molecule has 1 amide bonds. The van der Waals surface area contributed by atoms with Gasteiger partial charge in [-0.2, -0.15) is 0 Å². The molecule has 0 saturated carbocycles. The number of hydrogen-bond acceptors (Lipinski definition) is 4. The van der Waals surface area contributed by atoms with Crippen LogP contribution >= 0.6 is 11.8 Å². The number of thioether (sulfide) groups is 1. The molecule has 0 aliphatic carbocycles. The predicted octanol–water partition coefficient (Wildman–Crippen LogP) is 4.92. The van der Waals surface area contributed by atoms with Gasteiger partial charge in [-0.25, -0.2) is 4.98 Å². The van der Waals surface area contributed by atoms with Crippen molar-refractivity contribution in [1.82, 2.24) is 14.5 Å². The molecule has 0 radical (unpaired) electrons. The van der Waals surface area contributed by atoms with Crippen molar-refractivity contribution >= 4 is 28.6 Å². The summed E-state index contributed by atoms with van der Waals surface area (Å²) in [6.45, 7) is 4.01. The molecule has 0 spiro atoms. The Labute approximate surface area is 191 Å². The van der Waals surface area contributed by atoms with Gasteiger partial charge in [0, 0.05) is 14.1 Å². The molecular formula is C26H25N3O2S. The highest BCUT2D eigenvalue weighted by molar-refractivity contribution is 8.00. The average molecular weight is 444 g/mol. The van der Waals surface area contributed by atoms with Crippen molar-refractivity contribution in [2.24, 2.45) is 0 Å². The van der Waals surface area contributed by atoms with Gasteiger partial charge in [0.05, 0.1) is 16.6 Å². The first-order valence-corrected chi connectivity index (χ1v) is 11.3. The molecule has 0 saturated heterocycles. The van der Waals surface area contributed by atoms with E-state index in [2.05, 4.69) is 0 Å². The lowest BCUT2D eigenvalue weighted by Gasteiger charge is -2.22. The van der Waals surface area contributed by atoms with Crippen molar-refractivity contribution in [1.29, 1.82) is 0 Å². The van der Waals surface area contributed by atoms with E-state index in [0.29, 0.717) is 16.1 Å². The van der Waals surface area contributed by atoms with Crippen molar-refractivity contribution < 1.29 is 4.79 Å². The van der Waals surface area contributed by atoms with E-state index >= 15 is 0 Å². The monoisotopic (exact) mass is 443 g/mol. The van der Waals surface area contributed by atoms with E-state index in [-0.39, 0.29) is 11.5 Å². The van der Waals surface area contributed by atoms with Gasteiger partial charge in [-0.3, -0.25) is 14.2 Å². The van der Waals surface area contributed by atoms with Crippen molar-refractivity contribution in [3.63, 3.8) is 0 Å². The quantitative estimate of drug-likeness (QED) is 0.324. The SMILES string of the molecule is Cc1ccc(-n2c(SC(C(=O)N(C)C)c3ccccc3)nc3ccccc3c2=O)c(C)c1. The molecular weight excluding hydrogens is 418 g/mol. The molecule has 0 bridgehead atoms. The van der Waals surface area contributed by atoms with E-state index in [1.54, 1.807) is 29.6 Å². The second kappa shape index (κ2) is 9.01. The van der Waals surface area contributed by atoms with Gasteiger partial charge in [-0.1, -0.05) is 71.9 Å². The molecule has 162 valence electrons. The van der Waals surface area contributed by atoms with Crippen LogP contribution in [0.15, 0.2) is 82.7 Å². The maximum atomic E-state index is 13.6. The number of para-hydroxylation sites is 1. The zero-order valence-corrected chi connectivity index (χ0v) is 19.4. The molecule has 1 aromatic heterocycles. The number of nitrogens with zero attached hydrogens (tertiary/aromatic N) is 3. The normalized spacial score (nSPS) is 12.0. The maximum absolute atomic E-state index is 13.6. The Balaban J connectivity index is 1.96. The molecule has 4 rings (SSSR count). The van der Waals surface area contributed by atoms with Crippen LogP contribution < -0.4 is 5.56 Å². The molecule has 1 unspecified atom stereocenters. The van der Waals surface area contributed by atoms with Gasteiger partial charge in [0.2, 0.25) is 5.91 Å². The zero-order chi connectivity index (χ0) is 22.8. The van der Waals surface area contributed by atoms with E-state index in [0.717, 1.165) is 22.4 Å². The Morgan fingerprint density at radius 2 is 1.66 bits per heavy atom. The van der Waals surface area contributed by atoms with Crippen molar-refractivity contribution in [3.05, 3.63) is 99.8 Å². The number of benzene rings is 3. The molecule has 32 heavy (non-hydrogen) atoms. The summed E-state index contributed by atoms with van der Waals surface area (Å²) in [5.41, 5.74) is 4.20. The third-order valence-corrected chi connectivity index (χ3v) is 6.52. The first-order valence-electron chi connectivity index (χ1n) is 10.4. The standard InChI is InChI=1S/C26H25N3O2S/c1-17-14-15-22(18(2)16-17)29-24(30)20-12-8-9-13-21(20)27-26(29)32-23(25(31)28(3)4)19-10-6-5-7-11-19/h5-16,23H,1-4H3. The summed E-state index contributed by atoms with van der Waals surface area (Å²) >= 11 is 1.30. The molecule has 5 nitrogen and oxygen atoms in total. The second-order valence-corrected chi connectivity index (χ2v) is 9.06. The van der Waals surface area contributed by atoms with Gasteiger partial charge in [-0.05, 0) is 43.2 Å². The number of hydrogen-bond donors (Lipinski definition) is 0. The van der Waals surface area contributed by atoms with Crippen molar-refractivity contribution in [3.8, 4) is 5.69 Å². The molecule has 0 aliphatic heterocycles. The van der Waals surface area contributed by atoms with Gasteiger partial charge in [0.1, 0.15) is 5.25 Å². The summed E-state index contributed by atoms with van der Waals surface area (Å²) in [6, 6.07) is 22.9. The van der Waals surface area contributed by atoms with Gasteiger partial charge in [0.15, 0.2) is 5.16 Å². The first kappa shape index (κ1) is 21.8. The third-order valence-electron chi connectivity index (χ3n) is 5.33. The molecule has 1 atom stereocenters. The van der Waals surface area contributed by atoms with Gasteiger partial charge in [-0.15, -0.1) is 0 Å². The highest BCUT2D eigenvalue weighted by Gasteiger charge is 2.27. The minimum absolute atomic E-state index is 0.0595. The van der Waals surface area contributed by atoms with Gasteiger partial charge < -0.3 is 4.90 Å². The summed E-state index contributed by atoms with van der Waals surface area (Å²) in [5, 5.41) is 0.507. The van der Waals surface area contributed by atoms with Crippen LogP contribution in [-0.4, -0.2) is 34.5 Å². The van der Waals surface area contributed by atoms with E-state index in [1.807, 2.05) is 80.6 Å². The molecule has 6 heteroatoms. The van der Waals surface area contributed by atoms with Crippen LogP contribution in [0.1, 0.15) is 21.9 Å². The van der Waals surface area contributed by atoms with Crippen molar-refractivity contribution in [2.45, 2.75) is 24.3 Å². The lowest BCUT2D eigenvalue weighted by atomic mass is 10.1. The van der Waals surface area contributed by atoms with Gasteiger partial charge in [0.25, 0.3) is 5.56 Å². The number of fused-ring (bicyclic) bond motifs is 1. The van der Waals surface area contributed by atoms with Crippen molar-refractivity contribution in [2.75, 3.05) is 14.1 Å². The fourth-order valence-corrected chi connectivity index (χ4v) is 4.94.